The number of carbonyl (C=O) groups excluding carboxylic acids is 1. The van der Waals surface area contributed by atoms with Crippen molar-refractivity contribution in [1.29, 1.82) is 0 Å². The minimum atomic E-state index is -0.0482. The first-order valence-corrected chi connectivity index (χ1v) is 6.63. The summed E-state index contributed by atoms with van der Waals surface area (Å²) in [5, 5.41) is 9.57. The van der Waals surface area contributed by atoms with Crippen molar-refractivity contribution in [3.63, 3.8) is 0 Å². The number of nitrogens with zero attached hydrogens (tertiary/aromatic N) is 1. The van der Waals surface area contributed by atoms with Crippen molar-refractivity contribution in [1.82, 2.24) is 0 Å². The molecule has 0 atom stereocenters. The molecule has 0 bridgehead atoms. The molecule has 1 N–H and O–H groups in total. The molecule has 0 fully saturated rings. The van der Waals surface area contributed by atoms with Gasteiger partial charge in [0.25, 0.3) is 0 Å². The van der Waals surface area contributed by atoms with Crippen LogP contribution >= 0.6 is 0 Å². The van der Waals surface area contributed by atoms with Crippen LogP contribution in [0, 0.1) is 5.92 Å². The quantitative estimate of drug-likeness (QED) is 0.866. The molecule has 0 saturated carbocycles. The van der Waals surface area contributed by atoms with E-state index in [0.29, 0.717) is 0 Å². The number of aromatic hydroxyl groups is 1. The van der Waals surface area contributed by atoms with Crippen molar-refractivity contribution < 1.29 is 9.90 Å². The number of benzene rings is 1. The molecule has 100 valence electrons. The van der Waals surface area contributed by atoms with Gasteiger partial charge in [-0.1, -0.05) is 33.8 Å². The Morgan fingerprint density at radius 3 is 2.33 bits per heavy atom. The predicted octanol–water partition coefficient (Wildman–Crippen LogP) is 3.57. The van der Waals surface area contributed by atoms with Gasteiger partial charge >= 0.3 is 0 Å². The number of rotatable bonds is 5. The third-order valence-corrected chi connectivity index (χ3v) is 3.15. The average Bonchev–Trinajstić information content (AvgIpc) is 2.34. The first-order valence-electron chi connectivity index (χ1n) is 6.63. The van der Waals surface area contributed by atoms with E-state index in [4.69, 9.17) is 0 Å². The second-order valence-electron chi connectivity index (χ2n) is 4.85. The molecule has 0 aliphatic heterocycles. The number of amides is 1. The molecule has 0 spiro atoms. The smallest absolute Gasteiger partial charge is 0.229 e. The number of phenols is 1. The highest BCUT2D eigenvalue weighted by Crippen LogP contribution is 2.26. The van der Waals surface area contributed by atoms with E-state index < -0.39 is 0 Å². The molecule has 0 unspecified atom stereocenters. The summed E-state index contributed by atoms with van der Waals surface area (Å²) in [7, 11) is 0. The Morgan fingerprint density at radius 1 is 1.28 bits per heavy atom. The van der Waals surface area contributed by atoms with Crippen molar-refractivity contribution in [2.45, 2.75) is 46.6 Å². The second kappa shape index (κ2) is 6.43. The van der Waals surface area contributed by atoms with Gasteiger partial charge in [0, 0.05) is 23.7 Å². The lowest BCUT2D eigenvalue weighted by atomic mass is 10.1. The highest BCUT2D eigenvalue weighted by molar-refractivity contribution is 5.95. The fraction of sp³-hybridized carbons (Fsp3) is 0.533. The summed E-state index contributed by atoms with van der Waals surface area (Å²) < 4.78 is 0. The number of carbonyl (C=O) groups is 1. The maximum Gasteiger partial charge on any atom is 0.229 e. The standard InChI is InChI=1S/C15H23NO2/c1-5-12(6-2)16(15(18)11(3)4)13-8-7-9-14(17)10-13/h7-12,17H,5-6H2,1-4H3. The van der Waals surface area contributed by atoms with Crippen LogP contribution in [-0.2, 0) is 4.79 Å². The SMILES string of the molecule is CCC(CC)N(C(=O)C(C)C)c1cccc(O)c1. The first kappa shape index (κ1) is 14.6. The summed E-state index contributed by atoms with van der Waals surface area (Å²) in [6, 6.07) is 7.10. The van der Waals surface area contributed by atoms with E-state index >= 15 is 0 Å². The molecule has 0 aliphatic rings. The zero-order valence-electron chi connectivity index (χ0n) is 11.7. The minimum absolute atomic E-state index is 0.0482. The monoisotopic (exact) mass is 249 g/mol. The van der Waals surface area contributed by atoms with E-state index in [-0.39, 0.29) is 23.6 Å². The Kier molecular flexibility index (Phi) is 5.20. The zero-order valence-corrected chi connectivity index (χ0v) is 11.7. The molecule has 3 heteroatoms. The van der Waals surface area contributed by atoms with E-state index in [2.05, 4.69) is 13.8 Å². The highest BCUT2D eigenvalue weighted by atomic mass is 16.3. The van der Waals surface area contributed by atoms with Crippen molar-refractivity contribution in [2.24, 2.45) is 5.92 Å². The van der Waals surface area contributed by atoms with Crippen molar-refractivity contribution in [3.8, 4) is 5.75 Å². The molecule has 0 heterocycles. The topological polar surface area (TPSA) is 40.5 Å². The molecule has 1 aromatic rings. The summed E-state index contributed by atoms with van der Waals surface area (Å²) in [4.78, 5) is 14.2. The Hall–Kier alpha value is -1.51. The summed E-state index contributed by atoms with van der Waals surface area (Å²) in [5.74, 6) is 0.252. The second-order valence-corrected chi connectivity index (χ2v) is 4.85. The van der Waals surface area contributed by atoms with E-state index in [0.717, 1.165) is 18.5 Å². The minimum Gasteiger partial charge on any atom is -0.508 e. The third-order valence-electron chi connectivity index (χ3n) is 3.15. The van der Waals surface area contributed by atoms with Gasteiger partial charge in [0.1, 0.15) is 5.75 Å². The molecular weight excluding hydrogens is 226 g/mol. The zero-order chi connectivity index (χ0) is 13.7. The van der Waals surface area contributed by atoms with E-state index in [1.807, 2.05) is 24.8 Å². The van der Waals surface area contributed by atoms with Crippen LogP contribution in [-0.4, -0.2) is 17.1 Å². The van der Waals surface area contributed by atoms with Crippen molar-refractivity contribution in [3.05, 3.63) is 24.3 Å². The van der Waals surface area contributed by atoms with Gasteiger partial charge in [0.2, 0.25) is 5.91 Å². The van der Waals surface area contributed by atoms with Gasteiger partial charge in [0.05, 0.1) is 0 Å². The number of phenolic OH excluding ortho intramolecular Hbond substituents is 1. The lowest BCUT2D eigenvalue weighted by molar-refractivity contribution is -0.121. The van der Waals surface area contributed by atoms with E-state index in [9.17, 15) is 9.90 Å². The van der Waals surface area contributed by atoms with Gasteiger partial charge in [0.15, 0.2) is 0 Å². The number of hydrogen-bond acceptors (Lipinski definition) is 2. The van der Waals surface area contributed by atoms with Crippen LogP contribution in [0.5, 0.6) is 5.75 Å². The molecule has 1 aromatic carbocycles. The Labute approximate surface area is 109 Å². The van der Waals surface area contributed by atoms with E-state index in [1.54, 1.807) is 18.2 Å². The van der Waals surface area contributed by atoms with Crippen LogP contribution in [0.25, 0.3) is 0 Å². The van der Waals surface area contributed by atoms with Gasteiger partial charge in [-0.3, -0.25) is 4.79 Å². The highest BCUT2D eigenvalue weighted by Gasteiger charge is 2.25. The van der Waals surface area contributed by atoms with Crippen molar-refractivity contribution in [2.75, 3.05) is 4.90 Å². The van der Waals surface area contributed by atoms with Crippen LogP contribution in [0.15, 0.2) is 24.3 Å². The number of anilines is 1. The summed E-state index contributed by atoms with van der Waals surface area (Å²) in [6.07, 6.45) is 1.81. The number of hydrogen-bond donors (Lipinski definition) is 1. The Bertz CT molecular complexity index is 397. The van der Waals surface area contributed by atoms with E-state index in [1.165, 1.54) is 0 Å². The Balaban J connectivity index is 3.15. The Morgan fingerprint density at radius 2 is 1.89 bits per heavy atom. The maximum absolute atomic E-state index is 12.4. The van der Waals surface area contributed by atoms with Gasteiger partial charge in [-0.05, 0) is 25.0 Å². The molecule has 1 rings (SSSR count). The largest absolute Gasteiger partial charge is 0.508 e. The van der Waals surface area contributed by atoms with Crippen molar-refractivity contribution >= 4 is 11.6 Å². The molecule has 0 aromatic heterocycles. The summed E-state index contributed by atoms with van der Waals surface area (Å²) in [5.41, 5.74) is 0.780. The molecule has 0 saturated heterocycles. The molecular formula is C15H23NO2. The average molecular weight is 249 g/mol. The lowest BCUT2D eigenvalue weighted by Crippen LogP contribution is -2.42. The molecule has 0 aliphatic carbocycles. The normalized spacial score (nSPS) is 11.0. The van der Waals surface area contributed by atoms with Gasteiger partial charge < -0.3 is 10.0 Å². The predicted molar refractivity (Wildman–Crippen MR) is 74.8 cm³/mol. The lowest BCUT2D eigenvalue weighted by Gasteiger charge is -2.32. The van der Waals surface area contributed by atoms with Gasteiger partial charge in [-0.2, -0.15) is 0 Å². The summed E-state index contributed by atoms with van der Waals surface area (Å²) >= 11 is 0. The molecule has 18 heavy (non-hydrogen) atoms. The maximum atomic E-state index is 12.4. The van der Waals surface area contributed by atoms with Crippen LogP contribution in [0.3, 0.4) is 0 Å². The molecule has 0 radical (unpaired) electrons. The van der Waals surface area contributed by atoms with Gasteiger partial charge in [-0.15, -0.1) is 0 Å². The first-order chi connectivity index (χ1) is 8.51. The fourth-order valence-electron chi connectivity index (χ4n) is 2.09. The molecule has 1 amide bonds. The van der Waals surface area contributed by atoms with Crippen LogP contribution < -0.4 is 4.90 Å². The van der Waals surface area contributed by atoms with Crippen LogP contribution in [0.2, 0.25) is 0 Å². The van der Waals surface area contributed by atoms with Crippen LogP contribution in [0.4, 0.5) is 5.69 Å². The third kappa shape index (κ3) is 3.25. The fourth-order valence-corrected chi connectivity index (χ4v) is 2.09. The molecule has 3 nitrogen and oxygen atoms in total. The summed E-state index contributed by atoms with van der Waals surface area (Å²) in [6.45, 7) is 7.97. The van der Waals surface area contributed by atoms with Gasteiger partial charge in [-0.25, -0.2) is 0 Å². The van der Waals surface area contributed by atoms with Crippen LogP contribution in [0.1, 0.15) is 40.5 Å².